The van der Waals surface area contributed by atoms with Crippen molar-refractivity contribution < 1.29 is 27.5 Å². The van der Waals surface area contributed by atoms with Gasteiger partial charge in [0.2, 0.25) is 11.8 Å². The zero-order chi connectivity index (χ0) is 23.9. The molecular weight excluding hydrogens is 433 g/mol. The Morgan fingerprint density at radius 3 is 2.64 bits per heavy atom. The van der Waals surface area contributed by atoms with Crippen LogP contribution in [0, 0.1) is 25.7 Å². The quantitative estimate of drug-likeness (QED) is 0.624. The monoisotopic (exact) mass is 460 g/mol. The minimum atomic E-state index is -4.55. The molecule has 8 heteroatoms. The highest BCUT2D eigenvalue weighted by Crippen LogP contribution is 2.45. The number of halogens is 3. The van der Waals surface area contributed by atoms with E-state index >= 15 is 0 Å². The van der Waals surface area contributed by atoms with Crippen LogP contribution in [0.5, 0.6) is 11.5 Å². The third-order valence-corrected chi connectivity index (χ3v) is 6.51. The molecule has 33 heavy (non-hydrogen) atoms. The molecule has 2 aromatic carbocycles. The summed E-state index contributed by atoms with van der Waals surface area (Å²) in [7, 11) is 0. The van der Waals surface area contributed by atoms with Crippen LogP contribution in [-0.2, 0) is 9.59 Å². The first-order valence-electron chi connectivity index (χ1n) is 11.2. The van der Waals surface area contributed by atoms with Crippen LogP contribution in [0.25, 0.3) is 0 Å². The van der Waals surface area contributed by atoms with Crippen LogP contribution < -0.4 is 15.4 Å². The maximum atomic E-state index is 13.5. The molecule has 2 aliphatic heterocycles. The topological polar surface area (TPSA) is 67.4 Å². The molecule has 2 aromatic rings. The Labute approximate surface area is 190 Å². The molecule has 0 bridgehead atoms. The number of amides is 2. The van der Waals surface area contributed by atoms with E-state index in [0.717, 1.165) is 22.3 Å². The Morgan fingerprint density at radius 1 is 1.18 bits per heavy atom. The van der Waals surface area contributed by atoms with E-state index in [9.17, 15) is 22.8 Å². The summed E-state index contributed by atoms with van der Waals surface area (Å²) < 4.78 is 46.5. The van der Waals surface area contributed by atoms with E-state index in [0.29, 0.717) is 17.9 Å². The molecule has 0 aromatic heterocycles. The summed E-state index contributed by atoms with van der Waals surface area (Å²) in [6.07, 6.45) is -3.89. The summed E-state index contributed by atoms with van der Waals surface area (Å²) in [5.41, 5.74) is 3.40. The SMILES string of the molecule is CCCC1CC(C(=O)NC2c3ccc(C)cc3Oc3cccc(C)c32)C(=O)NC1C(F)(F)F. The van der Waals surface area contributed by atoms with E-state index in [-0.39, 0.29) is 12.8 Å². The fraction of sp³-hybridized carbons (Fsp3) is 0.440. The van der Waals surface area contributed by atoms with Gasteiger partial charge in [-0.3, -0.25) is 9.59 Å². The largest absolute Gasteiger partial charge is 0.457 e. The highest BCUT2D eigenvalue weighted by molar-refractivity contribution is 6.01. The van der Waals surface area contributed by atoms with Crippen molar-refractivity contribution in [1.82, 2.24) is 10.6 Å². The summed E-state index contributed by atoms with van der Waals surface area (Å²) >= 11 is 0. The first-order chi connectivity index (χ1) is 15.6. The summed E-state index contributed by atoms with van der Waals surface area (Å²) in [4.78, 5) is 25.9. The lowest BCUT2D eigenvalue weighted by atomic mass is 9.80. The Bertz CT molecular complexity index is 1080. The van der Waals surface area contributed by atoms with Crippen molar-refractivity contribution in [2.45, 2.75) is 58.3 Å². The lowest BCUT2D eigenvalue weighted by Gasteiger charge is -2.38. The molecule has 176 valence electrons. The molecule has 2 amide bonds. The summed E-state index contributed by atoms with van der Waals surface area (Å²) in [5, 5.41) is 5.01. The van der Waals surface area contributed by atoms with Crippen molar-refractivity contribution in [2.24, 2.45) is 11.8 Å². The predicted octanol–water partition coefficient (Wildman–Crippen LogP) is 5.10. The average Bonchev–Trinajstić information content (AvgIpc) is 2.73. The second-order valence-corrected chi connectivity index (χ2v) is 8.94. The van der Waals surface area contributed by atoms with E-state index in [1.165, 1.54) is 0 Å². The number of hydrogen-bond donors (Lipinski definition) is 2. The zero-order valence-electron chi connectivity index (χ0n) is 18.8. The summed E-state index contributed by atoms with van der Waals surface area (Å²) in [6, 6.07) is 8.71. The number of benzene rings is 2. The van der Waals surface area contributed by atoms with Crippen molar-refractivity contribution in [3.63, 3.8) is 0 Å². The maximum Gasteiger partial charge on any atom is 0.408 e. The van der Waals surface area contributed by atoms with E-state index in [1.807, 2.05) is 50.2 Å². The van der Waals surface area contributed by atoms with Gasteiger partial charge in [0.25, 0.3) is 0 Å². The predicted molar refractivity (Wildman–Crippen MR) is 117 cm³/mol. The maximum absolute atomic E-state index is 13.5. The Kier molecular flexibility index (Phi) is 6.12. The fourth-order valence-corrected chi connectivity index (χ4v) is 4.90. The molecule has 2 N–H and O–H groups in total. The first kappa shape index (κ1) is 23.1. The lowest BCUT2D eigenvalue weighted by molar-refractivity contribution is -0.182. The van der Waals surface area contributed by atoms with Crippen molar-refractivity contribution >= 4 is 11.8 Å². The number of alkyl halides is 3. The summed E-state index contributed by atoms with van der Waals surface area (Å²) in [5.74, 6) is -2.29. The molecule has 2 aliphatic rings. The van der Waals surface area contributed by atoms with Gasteiger partial charge in [0, 0.05) is 11.1 Å². The van der Waals surface area contributed by atoms with Gasteiger partial charge in [-0.05, 0) is 55.9 Å². The molecule has 0 spiro atoms. The normalized spacial score (nSPS) is 24.2. The smallest absolute Gasteiger partial charge is 0.408 e. The van der Waals surface area contributed by atoms with Crippen molar-refractivity contribution in [2.75, 3.05) is 0 Å². The Hall–Kier alpha value is -3.03. The standard InChI is InChI=1S/C25H27F3N2O3/c1-4-6-15-12-17(24(32)30-22(15)25(26,27)28)23(31)29-21-16-10-9-13(2)11-19(16)33-18-8-5-7-14(3)20(18)21/h5,7-11,15,17,21-22H,4,6,12H2,1-3H3,(H,29,31)(H,30,32). The van der Waals surface area contributed by atoms with Gasteiger partial charge in [-0.2, -0.15) is 13.2 Å². The van der Waals surface area contributed by atoms with Crippen molar-refractivity contribution in [3.05, 3.63) is 58.7 Å². The number of fused-ring (bicyclic) bond motifs is 2. The van der Waals surface area contributed by atoms with E-state index in [2.05, 4.69) is 10.6 Å². The Balaban J connectivity index is 1.64. The lowest BCUT2D eigenvalue weighted by Crippen LogP contribution is -2.59. The highest BCUT2D eigenvalue weighted by atomic mass is 19.4. The van der Waals surface area contributed by atoms with Crippen LogP contribution in [0.3, 0.4) is 0 Å². The number of rotatable bonds is 4. The minimum absolute atomic E-state index is 0.139. The number of hydrogen-bond acceptors (Lipinski definition) is 3. The molecule has 4 unspecified atom stereocenters. The second kappa shape index (κ2) is 8.72. The van der Waals surface area contributed by atoms with Gasteiger partial charge in [-0.15, -0.1) is 0 Å². The number of ether oxygens (including phenoxy) is 1. The van der Waals surface area contributed by atoms with Crippen LogP contribution in [-0.4, -0.2) is 24.0 Å². The third-order valence-electron chi connectivity index (χ3n) is 6.51. The fourth-order valence-electron chi connectivity index (χ4n) is 4.90. The molecule has 0 aliphatic carbocycles. The van der Waals surface area contributed by atoms with Gasteiger partial charge in [0.15, 0.2) is 0 Å². The van der Waals surface area contributed by atoms with Gasteiger partial charge >= 0.3 is 6.18 Å². The van der Waals surface area contributed by atoms with Crippen LogP contribution in [0.1, 0.15) is 54.5 Å². The molecular formula is C25H27F3N2O3. The molecule has 1 saturated heterocycles. The van der Waals surface area contributed by atoms with Crippen LogP contribution in [0.2, 0.25) is 0 Å². The molecule has 4 rings (SSSR count). The number of aryl methyl sites for hydroxylation is 2. The zero-order valence-corrected chi connectivity index (χ0v) is 18.8. The van der Waals surface area contributed by atoms with Gasteiger partial charge < -0.3 is 15.4 Å². The molecule has 2 heterocycles. The first-order valence-corrected chi connectivity index (χ1v) is 11.2. The molecule has 0 radical (unpaired) electrons. The Morgan fingerprint density at radius 2 is 1.94 bits per heavy atom. The van der Waals surface area contributed by atoms with Gasteiger partial charge in [0.1, 0.15) is 23.5 Å². The molecule has 0 saturated carbocycles. The number of nitrogens with one attached hydrogen (secondary N) is 2. The van der Waals surface area contributed by atoms with Crippen LogP contribution >= 0.6 is 0 Å². The number of carbonyl (C=O) groups excluding carboxylic acids is 2. The molecule has 4 atom stereocenters. The highest BCUT2D eigenvalue weighted by Gasteiger charge is 2.51. The molecule has 1 fully saturated rings. The third kappa shape index (κ3) is 4.43. The van der Waals surface area contributed by atoms with Crippen molar-refractivity contribution in [1.29, 1.82) is 0 Å². The molecule has 5 nitrogen and oxygen atoms in total. The number of piperidine rings is 1. The van der Waals surface area contributed by atoms with Gasteiger partial charge in [-0.1, -0.05) is 37.6 Å². The minimum Gasteiger partial charge on any atom is -0.457 e. The van der Waals surface area contributed by atoms with E-state index < -0.39 is 41.9 Å². The average molecular weight is 460 g/mol. The summed E-state index contributed by atoms with van der Waals surface area (Å²) in [6.45, 7) is 5.62. The van der Waals surface area contributed by atoms with Gasteiger partial charge in [-0.25, -0.2) is 0 Å². The number of carbonyl (C=O) groups is 2. The van der Waals surface area contributed by atoms with Crippen molar-refractivity contribution in [3.8, 4) is 11.5 Å². The second-order valence-electron chi connectivity index (χ2n) is 8.94. The van der Waals surface area contributed by atoms with Gasteiger partial charge in [0.05, 0.1) is 6.04 Å². The van der Waals surface area contributed by atoms with E-state index in [4.69, 9.17) is 4.74 Å². The van der Waals surface area contributed by atoms with Crippen LogP contribution in [0.15, 0.2) is 36.4 Å². The van der Waals surface area contributed by atoms with Crippen LogP contribution in [0.4, 0.5) is 13.2 Å². The van der Waals surface area contributed by atoms with E-state index in [1.54, 1.807) is 6.92 Å².